The van der Waals surface area contributed by atoms with Gasteiger partial charge in [0.05, 0.1) is 4.88 Å². The number of hydrogen-bond acceptors (Lipinski definition) is 3. The fourth-order valence-electron chi connectivity index (χ4n) is 1.52. The summed E-state index contributed by atoms with van der Waals surface area (Å²) in [7, 11) is 1.81. The predicted octanol–water partition coefficient (Wildman–Crippen LogP) is 6.13. The molecule has 1 heterocycles. The number of thiophene rings is 1. The van der Waals surface area contributed by atoms with Gasteiger partial charge in [0.1, 0.15) is 0 Å². The molecule has 0 aromatic carbocycles. The molecule has 0 aliphatic carbocycles. The van der Waals surface area contributed by atoms with Crippen LogP contribution >= 0.6 is 11.3 Å². The summed E-state index contributed by atoms with van der Waals surface area (Å²) in [6.45, 7) is 15.9. The Kier molecular flexibility index (Phi) is 13.2. The van der Waals surface area contributed by atoms with Gasteiger partial charge < -0.3 is 0 Å². The van der Waals surface area contributed by atoms with Crippen LogP contribution in [-0.2, 0) is 0 Å². The highest BCUT2D eigenvalue weighted by Gasteiger charge is 2.07. The van der Waals surface area contributed by atoms with Gasteiger partial charge in [-0.2, -0.15) is 0 Å². The van der Waals surface area contributed by atoms with E-state index in [2.05, 4.69) is 31.8 Å². The molecule has 0 bridgehead atoms. The minimum atomic E-state index is 0.127. The van der Waals surface area contributed by atoms with Crippen LogP contribution in [0, 0.1) is 5.92 Å². The molecule has 0 amide bonds. The second kappa shape index (κ2) is 12.5. The smallest absolute Gasteiger partial charge is 0.169 e. The first kappa shape index (κ1) is 22.1. The molecule has 2 nitrogen and oxygen atoms in total. The quantitative estimate of drug-likeness (QED) is 0.485. The summed E-state index contributed by atoms with van der Waals surface area (Å²) in [4.78, 5) is 17.5. The first-order valence-corrected chi connectivity index (χ1v) is 8.53. The van der Waals surface area contributed by atoms with E-state index in [-0.39, 0.29) is 5.78 Å². The van der Waals surface area contributed by atoms with Crippen molar-refractivity contribution in [3.63, 3.8) is 0 Å². The van der Waals surface area contributed by atoms with Crippen LogP contribution in [0.4, 0.5) is 0 Å². The predicted molar refractivity (Wildman–Crippen MR) is 98.9 cm³/mol. The van der Waals surface area contributed by atoms with Crippen molar-refractivity contribution in [1.29, 1.82) is 0 Å². The molecule has 1 rings (SSSR count). The summed E-state index contributed by atoms with van der Waals surface area (Å²) >= 11 is 1.54. The Hall–Kier alpha value is -1.22. The van der Waals surface area contributed by atoms with Gasteiger partial charge in [-0.05, 0) is 43.5 Å². The van der Waals surface area contributed by atoms with Crippen LogP contribution in [0.3, 0.4) is 0 Å². The molecule has 3 heteroatoms. The third-order valence-electron chi connectivity index (χ3n) is 2.56. The summed E-state index contributed by atoms with van der Waals surface area (Å²) in [5.41, 5.74) is 2.25. The van der Waals surface area contributed by atoms with Crippen LogP contribution < -0.4 is 0 Å². The number of carbonyl (C=O) groups excluding carboxylic acids is 1. The van der Waals surface area contributed by atoms with Gasteiger partial charge in [-0.25, -0.2) is 0 Å². The van der Waals surface area contributed by atoms with Crippen LogP contribution in [0.25, 0.3) is 5.57 Å². The second-order valence-corrected chi connectivity index (χ2v) is 5.43. The molecule has 0 unspecified atom stereocenters. The van der Waals surface area contributed by atoms with Gasteiger partial charge in [0.15, 0.2) is 5.78 Å². The van der Waals surface area contributed by atoms with Crippen LogP contribution in [0.1, 0.15) is 69.9 Å². The van der Waals surface area contributed by atoms with E-state index in [0.29, 0.717) is 5.92 Å². The maximum absolute atomic E-state index is 11.2. The molecule has 0 atom stereocenters. The summed E-state index contributed by atoms with van der Waals surface area (Å²) in [6.07, 6.45) is 2.10. The fraction of sp³-hybridized carbons (Fsp3) is 0.556. The van der Waals surface area contributed by atoms with Crippen molar-refractivity contribution < 1.29 is 4.79 Å². The van der Waals surface area contributed by atoms with Gasteiger partial charge in [-0.1, -0.05) is 41.5 Å². The van der Waals surface area contributed by atoms with E-state index in [1.54, 1.807) is 18.3 Å². The standard InChI is InChI=1S/C14H19NOS.2C2H6/c1-9(2)12(15-5)8-10(3)13-6-7-14(17-13)11(4)16;2*1-2/h6-9H,1-5H3;2*1-2H3/b10-8+,15-12?;;. The lowest BCUT2D eigenvalue weighted by Gasteiger charge is -2.05. The van der Waals surface area contributed by atoms with Crippen LogP contribution in [0.2, 0.25) is 0 Å². The molecule has 0 aliphatic rings. The van der Waals surface area contributed by atoms with E-state index in [9.17, 15) is 4.79 Å². The number of allylic oxidation sites excluding steroid dienone is 2. The highest BCUT2D eigenvalue weighted by Crippen LogP contribution is 2.24. The van der Waals surface area contributed by atoms with Crippen molar-refractivity contribution in [1.82, 2.24) is 0 Å². The Morgan fingerprint density at radius 1 is 1.10 bits per heavy atom. The van der Waals surface area contributed by atoms with Gasteiger partial charge >= 0.3 is 0 Å². The third kappa shape index (κ3) is 7.96. The van der Waals surface area contributed by atoms with Crippen LogP contribution in [0.5, 0.6) is 0 Å². The molecular weight excluding hydrogens is 278 g/mol. The van der Waals surface area contributed by atoms with E-state index in [4.69, 9.17) is 0 Å². The first-order chi connectivity index (χ1) is 9.95. The van der Waals surface area contributed by atoms with Gasteiger partial charge in [-0.15, -0.1) is 11.3 Å². The van der Waals surface area contributed by atoms with Crippen molar-refractivity contribution in [2.45, 2.75) is 55.4 Å². The minimum Gasteiger partial charge on any atom is -0.294 e. The molecule has 0 saturated carbocycles. The Morgan fingerprint density at radius 3 is 1.90 bits per heavy atom. The van der Waals surface area contributed by atoms with E-state index >= 15 is 0 Å². The Balaban J connectivity index is 0. The number of hydrogen-bond donors (Lipinski definition) is 0. The normalized spacial score (nSPS) is 11.3. The summed E-state index contributed by atoms with van der Waals surface area (Å²) in [5, 5.41) is 0. The topological polar surface area (TPSA) is 29.4 Å². The number of nitrogens with zero attached hydrogens (tertiary/aromatic N) is 1. The lowest BCUT2D eigenvalue weighted by molar-refractivity contribution is 0.102. The highest BCUT2D eigenvalue weighted by atomic mass is 32.1. The second-order valence-electron chi connectivity index (χ2n) is 4.35. The minimum absolute atomic E-state index is 0.127. The van der Waals surface area contributed by atoms with Gasteiger partial charge in [0, 0.05) is 17.6 Å². The average Bonchev–Trinajstić information content (AvgIpc) is 2.98. The van der Waals surface area contributed by atoms with Crippen molar-refractivity contribution in [3.05, 3.63) is 28.0 Å². The van der Waals surface area contributed by atoms with Crippen molar-refractivity contribution in [3.8, 4) is 0 Å². The van der Waals surface area contributed by atoms with Gasteiger partial charge in [0.2, 0.25) is 0 Å². The van der Waals surface area contributed by atoms with Crippen molar-refractivity contribution in [2.75, 3.05) is 7.05 Å². The van der Waals surface area contributed by atoms with E-state index < -0.39 is 0 Å². The first-order valence-electron chi connectivity index (χ1n) is 7.71. The number of carbonyl (C=O) groups is 1. The molecular formula is C18H31NOS. The molecule has 1 aromatic heterocycles. The summed E-state index contributed by atoms with van der Waals surface area (Å²) in [5.74, 6) is 0.546. The number of aliphatic imine (C=N–C) groups is 1. The van der Waals surface area contributed by atoms with E-state index in [1.165, 1.54) is 0 Å². The summed E-state index contributed by atoms with van der Waals surface area (Å²) < 4.78 is 0. The van der Waals surface area contributed by atoms with Gasteiger partial charge in [-0.3, -0.25) is 9.79 Å². The molecule has 120 valence electrons. The zero-order chi connectivity index (χ0) is 17.0. The SMILES string of the molecule is CC.CC.CN=C(/C=C(\C)c1ccc(C(C)=O)s1)C(C)C. The molecule has 0 spiro atoms. The molecule has 0 N–H and O–H groups in total. The Morgan fingerprint density at radius 2 is 1.57 bits per heavy atom. The van der Waals surface area contributed by atoms with E-state index in [0.717, 1.165) is 21.0 Å². The molecule has 0 aliphatic heterocycles. The molecule has 0 radical (unpaired) electrons. The molecule has 0 saturated heterocycles. The number of ketones is 1. The maximum atomic E-state index is 11.2. The zero-order valence-electron chi connectivity index (χ0n) is 15.1. The maximum Gasteiger partial charge on any atom is 0.169 e. The van der Waals surface area contributed by atoms with E-state index in [1.807, 2.05) is 46.9 Å². The molecule has 1 aromatic rings. The number of Topliss-reactive ketones (excluding diaryl/α,β-unsaturated/α-hetero) is 1. The average molecular weight is 310 g/mol. The fourth-order valence-corrected chi connectivity index (χ4v) is 2.39. The Bertz CT molecular complexity index is 467. The van der Waals surface area contributed by atoms with Gasteiger partial charge in [0.25, 0.3) is 0 Å². The lowest BCUT2D eigenvalue weighted by Crippen LogP contribution is -2.03. The Labute approximate surface area is 135 Å². The largest absolute Gasteiger partial charge is 0.294 e. The van der Waals surface area contributed by atoms with Crippen LogP contribution in [0.15, 0.2) is 23.2 Å². The van der Waals surface area contributed by atoms with Crippen molar-refractivity contribution in [2.24, 2.45) is 10.9 Å². The third-order valence-corrected chi connectivity index (χ3v) is 3.88. The number of rotatable bonds is 4. The monoisotopic (exact) mass is 309 g/mol. The summed E-state index contributed by atoms with van der Waals surface area (Å²) in [6, 6.07) is 3.89. The highest BCUT2D eigenvalue weighted by molar-refractivity contribution is 7.15. The molecule has 21 heavy (non-hydrogen) atoms. The van der Waals surface area contributed by atoms with Crippen molar-refractivity contribution >= 4 is 28.4 Å². The molecule has 0 fully saturated rings. The lowest BCUT2D eigenvalue weighted by atomic mass is 10.1. The zero-order valence-corrected chi connectivity index (χ0v) is 15.9. The van der Waals surface area contributed by atoms with Crippen LogP contribution in [-0.4, -0.2) is 18.5 Å².